The van der Waals surface area contributed by atoms with Crippen molar-refractivity contribution in [1.29, 1.82) is 0 Å². The van der Waals surface area contributed by atoms with Crippen molar-refractivity contribution in [2.75, 3.05) is 6.54 Å². The van der Waals surface area contributed by atoms with E-state index in [0.29, 0.717) is 0 Å². The Morgan fingerprint density at radius 2 is 2.15 bits per heavy atom. The van der Waals surface area contributed by atoms with E-state index in [-0.39, 0.29) is 0 Å². The van der Waals surface area contributed by atoms with Gasteiger partial charge in [-0.3, -0.25) is 0 Å². The summed E-state index contributed by atoms with van der Waals surface area (Å²) in [5.41, 5.74) is 6.37. The van der Waals surface area contributed by atoms with Crippen molar-refractivity contribution in [3.63, 3.8) is 0 Å². The van der Waals surface area contributed by atoms with E-state index in [2.05, 4.69) is 43.4 Å². The lowest BCUT2D eigenvalue weighted by atomic mass is 10.0. The summed E-state index contributed by atoms with van der Waals surface area (Å²) in [7, 11) is 0. The average Bonchev–Trinajstić information content (AvgIpc) is 2.46. The van der Waals surface area contributed by atoms with Crippen LogP contribution in [0.3, 0.4) is 0 Å². The third-order valence-electron chi connectivity index (χ3n) is 3.84. The summed E-state index contributed by atoms with van der Waals surface area (Å²) in [5, 5.41) is 3.41. The van der Waals surface area contributed by atoms with Gasteiger partial charge >= 0.3 is 0 Å². The second-order valence-corrected chi connectivity index (χ2v) is 5.46. The highest BCUT2D eigenvalue weighted by Gasteiger charge is 2.16. The Morgan fingerprint density at radius 1 is 1.25 bits per heavy atom. The molecule has 0 unspecified atom stereocenters. The van der Waals surface area contributed by atoms with Crippen LogP contribution in [-0.2, 0) is 25.8 Å². The maximum atomic E-state index is 4.80. The first-order valence-electron chi connectivity index (χ1n) is 7.40. The van der Waals surface area contributed by atoms with Crippen LogP contribution in [0.15, 0.2) is 24.3 Å². The Balaban J connectivity index is 1.94. The van der Waals surface area contributed by atoms with E-state index in [1.807, 2.05) is 0 Å². The van der Waals surface area contributed by atoms with Crippen molar-refractivity contribution in [2.24, 2.45) is 0 Å². The van der Waals surface area contributed by atoms with Gasteiger partial charge in [0.1, 0.15) is 5.82 Å². The Kier molecular flexibility index (Phi) is 3.79. The summed E-state index contributed by atoms with van der Waals surface area (Å²) >= 11 is 0. The van der Waals surface area contributed by atoms with Gasteiger partial charge in [-0.05, 0) is 18.9 Å². The molecular formula is C17H21N3. The molecule has 2 heterocycles. The number of aryl methyl sites for hydroxylation is 2. The first-order chi connectivity index (χ1) is 9.76. The fraction of sp³-hybridized carbons (Fsp3) is 0.412. The van der Waals surface area contributed by atoms with Gasteiger partial charge in [0.25, 0.3) is 0 Å². The van der Waals surface area contributed by atoms with Crippen molar-refractivity contribution in [1.82, 2.24) is 15.3 Å². The molecule has 1 N–H and O–H groups in total. The van der Waals surface area contributed by atoms with Gasteiger partial charge in [-0.15, -0.1) is 0 Å². The Hall–Kier alpha value is -1.74. The van der Waals surface area contributed by atoms with Gasteiger partial charge in [0.2, 0.25) is 0 Å². The molecule has 104 valence electrons. The zero-order valence-corrected chi connectivity index (χ0v) is 12.2. The molecule has 1 aromatic heterocycles. The molecule has 0 atom stereocenters. The van der Waals surface area contributed by atoms with Crippen LogP contribution in [0.5, 0.6) is 0 Å². The standard InChI is InChI=1S/C17H21N3/c1-3-15-14-11-18-8-7-16(14)20-17(19-15)10-13-6-4-5-12(2)9-13/h4-6,9,18H,3,7-8,10-11H2,1-2H3. The van der Waals surface area contributed by atoms with Gasteiger partial charge in [-0.1, -0.05) is 36.8 Å². The molecule has 1 aliphatic rings. The van der Waals surface area contributed by atoms with Crippen molar-refractivity contribution in [3.05, 3.63) is 58.2 Å². The fourth-order valence-corrected chi connectivity index (χ4v) is 2.85. The molecule has 1 aliphatic heterocycles. The molecule has 2 aromatic rings. The van der Waals surface area contributed by atoms with E-state index in [1.54, 1.807) is 0 Å². The lowest BCUT2D eigenvalue weighted by Gasteiger charge is -2.19. The van der Waals surface area contributed by atoms with E-state index in [4.69, 9.17) is 9.97 Å². The van der Waals surface area contributed by atoms with Crippen LogP contribution in [0.2, 0.25) is 0 Å². The minimum absolute atomic E-state index is 0.829. The van der Waals surface area contributed by atoms with Crippen LogP contribution in [0.1, 0.15) is 40.8 Å². The molecular weight excluding hydrogens is 246 g/mol. The summed E-state index contributed by atoms with van der Waals surface area (Å²) in [4.78, 5) is 9.57. The summed E-state index contributed by atoms with van der Waals surface area (Å²) in [6.45, 7) is 6.24. The number of nitrogens with one attached hydrogen (secondary N) is 1. The molecule has 0 radical (unpaired) electrons. The third-order valence-corrected chi connectivity index (χ3v) is 3.84. The molecule has 0 aliphatic carbocycles. The van der Waals surface area contributed by atoms with Crippen molar-refractivity contribution < 1.29 is 0 Å². The number of nitrogens with zero attached hydrogens (tertiary/aromatic N) is 2. The molecule has 0 fully saturated rings. The monoisotopic (exact) mass is 267 g/mol. The molecule has 3 heteroatoms. The first kappa shape index (κ1) is 13.3. The highest BCUT2D eigenvalue weighted by atomic mass is 14.9. The van der Waals surface area contributed by atoms with Gasteiger partial charge in [0.15, 0.2) is 0 Å². The lowest BCUT2D eigenvalue weighted by molar-refractivity contribution is 0.611. The minimum Gasteiger partial charge on any atom is -0.312 e. The van der Waals surface area contributed by atoms with Gasteiger partial charge in [-0.25, -0.2) is 9.97 Å². The van der Waals surface area contributed by atoms with Crippen LogP contribution >= 0.6 is 0 Å². The number of hydrogen-bond acceptors (Lipinski definition) is 3. The van der Waals surface area contributed by atoms with E-state index in [0.717, 1.165) is 38.2 Å². The van der Waals surface area contributed by atoms with Crippen LogP contribution in [0.25, 0.3) is 0 Å². The van der Waals surface area contributed by atoms with Gasteiger partial charge < -0.3 is 5.32 Å². The molecule has 0 bridgehead atoms. The summed E-state index contributed by atoms with van der Waals surface area (Å²) in [6, 6.07) is 8.60. The lowest BCUT2D eigenvalue weighted by Crippen LogP contribution is -2.27. The predicted octanol–water partition coefficient (Wildman–Crippen LogP) is 2.58. The topological polar surface area (TPSA) is 37.8 Å². The number of aromatic nitrogens is 2. The minimum atomic E-state index is 0.829. The van der Waals surface area contributed by atoms with E-state index < -0.39 is 0 Å². The molecule has 0 saturated heterocycles. The first-order valence-corrected chi connectivity index (χ1v) is 7.40. The van der Waals surface area contributed by atoms with Gasteiger partial charge in [-0.2, -0.15) is 0 Å². The smallest absolute Gasteiger partial charge is 0.133 e. The second kappa shape index (κ2) is 5.71. The predicted molar refractivity (Wildman–Crippen MR) is 80.8 cm³/mol. The number of hydrogen-bond donors (Lipinski definition) is 1. The molecule has 0 amide bonds. The summed E-state index contributed by atoms with van der Waals surface area (Å²) in [6.07, 6.45) is 2.83. The summed E-state index contributed by atoms with van der Waals surface area (Å²) < 4.78 is 0. The zero-order chi connectivity index (χ0) is 13.9. The third kappa shape index (κ3) is 2.73. The molecule has 1 aromatic carbocycles. The van der Waals surface area contributed by atoms with Crippen LogP contribution in [0.4, 0.5) is 0 Å². The molecule has 3 rings (SSSR count). The second-order valence-electron chi connectivity index (χ2n) is 5.46. The highest BCUT2D eigenvalue weighted by Crippen LogP contribution is 2.18. The zero-order valence-electron chi connectivity index (χ0n) is 12.2. The number of rotatable bonds is 3. The van der Waals surface area contributed by atoms with E-state index in [1.165, 1.54) is 28.1 Å². The SMILES string of the molecule is CCc1nc(Cc2cccc(C)c2)nc2c1CNCC2. The number of fused-ring (bicyclic) bond motifs is 1. The van der Waals surface area contributed by atoms with E-state index in [9.17, 15) is 0 Å². The summed E-state index contributed by atoms with van der Waals surface area (Å²) in [5.74, 6) is 0.966. The maximum Gasteiger partial charge on any atom is 0.133 e. The Morgan fingerprint density at radius 3 is 2.95 bits per heavy atom. The van der Waals surface area contributed by atoms with E-state index >= 15 is 0 Å². The molecule has 20 heavy (non-hydrogen) atoms. The average molecular weight is 267 g/mol. The maximum absolute atomic E-state index is 4.80. The molecule has 3 nitrogen and oxygen atoms in total. The fourth-order valence-electron chi connectivity index (χ4n) is 2.85. The van der Waals surface area contributed by atoms with Crippen molar-refractivity contribution in [3.8, 4) is 0 Å². The van der Waals surface area contributed by atoms with Crippen LogP contribution < -0.4 is 5.32 Å². The van der Waals surface area contributed by atoms with Gasteiger partial charge in [0, 0.05) is 37.2 Å². The van der Waals surface area contributed by atoms with Crippen LogP contribution in [0, 0.1) is 6.92 Å². The Labute approximate surface area is 120 Å². The number of benzene rings is 1. The largest absolute Gasteiger partial charge is 0.312 e. The normalized spacial score (nSPS) is 14.1. The Bertz CT molecular complexity index is 602. The molecule has 0 saturated carbocycles. The quantitative estimate of drug-likeness (QED) is 0.929. The highest BCUT2D eigenvalue weighted by molar-refractivity contribution is 5.30. The molecule has 0 spiro atoms. The van der Waals surface area contributed by atoms with Crippen molar-refractivity contribution in [2.45, 2.75) is 39.7 Å². The van der Waals surface area contributed by atoms with Crippen molar-refractivity contribution >= 4 is 0 Å². The van der Waals surface area contributed by atoms with Crippen LogP contribution in [-0.4, -0.2) is 16.5 Å². The van der Waals surface area contributed by atoms with Gasteiger partial charge in [0.05, 0.1) is 5.69 Å².